The Morgan fingerprint density at radius 2 is 2.27 bits per heavy atom. The molecule has 0 unspecified atom stereocenters. The summed E-state index contributed by atoms with van der Waals surface area (Å²) in [5.74, 6) is 0.483. The van der Waals surface area contributed by atoms with E-state index in [1.54, 1.807) is 42.8 Å². The van der Waals surface area contributed by atoms with Crippen LogP contribution in [0.25, 0.3) is 11.4 Å². The zero-order valence-electron chi connectivity index (χ0n) is 14.0. The Balaban J connectivity index is 1.82. The van der Waals surface area contributed by atoms with Gasteiger partial charge >= 0.3 is 0 Å². The molecule has 134 valence electrons. The van der Waals surface area contributed by atoms with E-state index < -0.39 is 5.25 Å². The molecule has 0 saturated heterocycles. The molecule has 0 aliphatic rings. The van der Waals surface area contributed by atoms with E-state index >= 15 is 0 Å². The van der Waals surface area contributed by atoms with Gasteiger partial charge in [0.2, 0.25) is 5.91 Å². The minimum Gasteiger partial charge on any atom is -0.507 e. The Bertz CT molecular complexity index is 908. The van der Waals surface area contributed by atoms with Crippen LogP contribution in [0.15, 0.2) is 53.7 Å². The monoisotopic (exact) mass is 387 g/mol. The summed E-state index contributed by atoms with van der Waals surface area (Å²) >= 11 is 2.65. The number of nitrogens with zero attached hydrogens (tertiary/aromatic N) is 4. The first-order valence-electron chi connectivity index (χ1n) is 7.79. The molecule has 1 aromatic carbocycles. The molecule has 0 saturated carbocycles. The maximum absolute atomic E-state index is 12.3. The number of anilines is 1. The molecule has 2 aromatic heterocycles. The SMILES string of the molecule is C=CCn1c(S[C@H](C)C(=O)Nc2nccs2)nnc1-c1ccccc1O. The number of phenolic OH excluding ortho intramolecular Hbond substituents is 1. The average molecular weight is 387 g/mol. The Labute approximate surface area is 158 Å². The third-order valence-corrected chi connectivity index (χ3v) is 5.26. The van der Waals surface area contributed by atoms with Gasteiger partial charge in [0.1, 0.15) is 5.75 Å². The highest BCUT2D eigenvalue weighted by atomic mass is 32.2. The largest absolute Gasteiger partial charge is 0.507 e. The van der Waals surface area contributed by atoms with Gasteiger partial charge in [0.15, 0.2) is 16.1 Å². The lowest BCUT2D eigenvalue weighted by atomic mass is 10.2. The number of benzene rings is 1. The van der Waals surface area contributed by atoms with Crippen molar-refractivity contribution in [1.29, 1.82) is 0 Å². The molecule has 3 rings (SSSR count). The predicted molar refractivity (Wildman–Crippen MR) is 103 cm³/mol. The molecule has 0 fully saturated rings. The molecule has 26 heavy (non-hydrogen) atoms. The molecule has 0 spiro atoms. The number of nitrogens with one attached hydrogen (secondary N) is 1. The Morgan fingerprint density at radius 1 is 1.46 bits per heavy atom. The second-order valence-electron chi connectivity index (χ2n) is 5.31. The Morgan fingerprint density at radius 3 is 2.96 bits per heavy atom. The van der Waals surface area contributed by atoms with Crippen LogP contribution >= 0.6 is 23.1 Å². The summed E-state index contributed by atoms with van der Waals surface area (Å²) in [5.41, 5.74) is 0.577. The number of thiazole rings is 1. The third-order valence-electron chi connectivity index (χ3n) is 3.49. The zero-order valence-corrected chi connectivity index (χ0v) is 15.6. The standard InChI is InChI=1S/C17H17N5O2S2/c1-3-9-22-14(12-6-4-5-7-13(12)23)20-21-17(22)26-11(2)15(24)19-16-18-8-10-25-16/h3-8,10-11,23H,1,9H2,2H3,(H,18,19,24)/t11-/m1/s1. The lowest BCUT2D eigenvalue weighted by Crippen LogP contribution is -2.22. The van der Waals surface area contributed by atoms with Gasteiger partial charge in [-0.2, -0.15) is 0 Å². The summed E-state index contributed by atoms with van der Waals surface area (Å²) in [4.78, 5) is 16.4. The third kappa shape index (κ3) is 3.94. The van der Waals surface area contributed by atoms with Crippen molar-refractivity contribution < 1.29 is 9.90 Å². The van der Waals surface area contributed by atoms with E-state index in [0.29, 0.717) is 28.2 Å². The van der Waals surface area contributed by atoms with E-state index in [2.05, 4.69) is 27.1 Å². The number of aromatic hydroxyl groups is 1. The summed E-state index contributed by atoms with van der Waals surface area (Å²) in [6.45, 7) is 6.01. The van der Waals surface area contributed by atoms with Crippen molar-refractivity contribution in [3.8, 4) is 17.1 Å². The van der Waals surface area contributed by atoms with E-state index in [-0.39, 0.29) is 11.7 Å². The summed E-state index contributed by atoms with van der Waals surface area (Å²) < 4.78 is 1.82. The number of carbonyl (C=O) groups is 1. The summed E-state index contributed by atoms with van der Waals surface area (Å²) in [5, 5.41) is 23.8. The number of thioether (sulfide) groups is 1. The fourth-order valence-corrected chi connectivity index (χ4v) is 3.63. The van der Waals surface area contributed by atoms with Crippen molar-refractivity contribution in [2.24, 2.45) is 0 Å². The van der Waals surface area contributed by atoms with E-state index in [4.69, 9.17) is 0 Å². The number of aromatic nitrogens is 4. The smallest absolute Gasteiger partial charge is 0.239 e. The van der Waals surface area contributed by atoms with Crippen molar-refractivity contribution >= 4 is 34.1 Å². The fraction of sp³-hybridized carbons (Fsp3) is 0.176. The molecule has 0 aliphatic heterocycles. The quantitative estimate of drug-likeness (QED) is 0.477. The number of rotatable bonds is 7. The second-order valence-corrected chi connectivity index (χ2v) is 7.51. The molecule has 9 heteroatoms. The minimum atomic E-state index is -0.399. The van der Waals surface area contributed by atoms with Gasteiger partial charge in [-0.05, 0) is 19.1 Å². The van der Waals surface area contributed by atoms with Gasteiger partial charge < -0.3 is 10.4 Å². The lowest BCUT2D eigenvalue weighted by molar-refractivity contribution is -0.115. The highest BCUT2D eigenvalue weighted by Crippen LogP contribution is 2.31. The predicted octanol–water partition coefficient (Wildman–Crippen LogP) is 3.41. The number of hydrogen-bond acceptors (Lipinski definition) is 7. The Hall–Kier alpha value is -2.65. The molecule has 2 N–H and O–H groups in total. The van der Waals surface area contributed by atoms with Gasteiger partial charge in [0, 0.05) is 18.1 Å². The van der Waals surface area contributed by atoms with Crippen LogP contribution in [0.1, 0.15) is 6.92 Å². The van der Waals surface area contributed by atoms with Gasteiger partial charge in [-0.15, -0.1) is 28.1 Å². The summed E-state index contributed by atoms with van der Waals surface area (Å²) in [7, 11) is 0. The van der Waals surface area contributed by atoms with Crippen LogP contribution in [0.2, 0.25) is 0 Å². The minimum absolute atomic E-state index is 0.122. The highest BCUT2D eigenvalue weighted by molar-refractivity contribution is 8.00. The second kappa shape index (κ2) is 8.15. The van der Waals surface area contributed by atoms with Crippen molar-refractivity contribution in [2.45, 2.75) is 23.9 Å². The number of phenols is 1. The van der Waals surface area contributed by atoms with Crippen LogP contribution in [0.3, 0.4) is 0 Å². The first-order chi connectivity index (χ1) is 12.6. The molecule has 1 atom stereocenters. The summed E-state index contributed by atoms with van der Waals surface area (Å²) in [6.07, 6.45) is 3.36. The molecule has 0 aliphatic carbocycles. The van der Waals surface area contributed by atoms with Crippen molar-refractivity contribution in [1.82, 2.24) is 19.7 Å². The average Bonchev–Trinajstić information content (AvgIpc) is 3.26. The molecule has 3 aromatic rings. The molecule has 0 radical (unpaired) electrons. The van der Waals surface area contributed by atoms with Gasteiger partial charge in [0.25, 0.3) is 0 Å². The van der Waals surface area contributed by atoms with E-state index in [1.165, 1.54) is 23.1 Å². The lowest BCUT2D eigenvalue weighted by Gasteiger charge is -2.12. The van der Waals surface area contributed by atoms with Crippen LogP contribution in [0.4, 0.5) is 5.13 Å². The van der Waals surface area contributed by atoms with Crippen molar-refractivity contribution in [3.63, 3.8) is 0 Å². The number of amides is 1. The number of hydrogen-bond donors (Lipinski definition) is 2. The first-order valence-corrected chi connectivity index (χ1v) is 9.55. The fourth-order valence-electron chi connectivity index (χ4n) is 2.24. The van der Waals surface area contributed by atoms with Crippen LogP contribution in [0, 0.1) is 0 Å². The van der Waals surface area contributed by atoms with Crippen LogP contribution < -0.4 is 5.32 Å². The van der Waals surface area contributed by atoms with Gasteiger partial charge in [0.05, 0.1) is 10.8 Å². The van der Waals surface area contributed by atoms with E-state index in [9.17, 15) is 9.90 Å². The molecular weight excluding hydrogens is 370 g/mol. The zero-order chi connectivity index (χ0) is 18.5. The molecule has 1 amide bonds. The Kier molecular flexibility index (Phi) is 5.69. The number of allylic oxidation sites excluding steroid dienone is 1. The van der Waals surface area contributed by atoms with Gasteiger partial charge in [-0.1, -0.05) is 30.0 Å². The maximum Gasteiger partial charge on any atom is 0.239 e. The number of para-hydroxylation sites is 1. The normalized spacial score (nSPS) is 11.9. The van der Waals surface area contributed by atoms with Crippen molar-refractivity contribution in [3.05, 3.63) is 48.5 Å². The van der Waals surface area contributed by atoms with Gasteiger partial charge in [-0.3, -0.25) is 9.36 Å². The number of carbonyl (C=O) groups excluding carboxylic acids is 1. The molecule has 0 bridgehead atoms. The highest BCUT2D eigenvalue weighted by Gasteiger charge is 2.22. The molecule has 7 nitrogen and oxygen atoms in total. The van der Waals surface area contributed by atoms with Crippen molar-refractivity contribution in [2.75, 3.05) is 5.32 Å². The molecule has 2 heterocycles. The van der Waals surface area contributed by atoms with Gasteiger partial charge in [-0.25, -0.2) is 4.98 Å². The van der Waals surface area contributed by atoms with E-state index in [0.717, 1.165) is 0 Å². The first kappa shape index (κ1) is 18.2. The molecular formula is C17H17N5O2S2. The van der Waals surface area contributed by atoms with Crippen LogP contribution in [-0.4, -0.2) is 36.0 Å². The van der Waals surface area contributed by atoms with Crippen LogP contribution in [-0.2, 0) is 11.3 Å². The topological polar surface area (TPSA) is 92.9 Å². The van der Waals surface area contributed by atoms with E-state index in [1.807, 2.05) is 10.6 Å². The maximum atomic E-state index is 12.3. The summed E-state index contributed by atoms with van der Waals surface area (Å²) in [6, 6.07) is 6.93. The van der Waals surface area contributed by atoms with Crippen LogP contribution in [0.5, 0.6) is 5.75 Å².